The summed E-state index contributed by atoms with van der Waals surface area (Å²) >= 11 is 11.8. The van der Waals surface area contributed by atoms with Crippen LogP contribution in [0.25, 0.3) is 0 Å². The largest absolute Gasteiger partial charge is 0.326 e. The first-order valence-corrected chi connectivity index (χ1v) is 9.31. The van der Waals surface area contributed by atoms with Crippen LogP contribution in [0.4, 0.5) is 5.69 Å². The van der Waals surface area contributed by atoms with Crippen molar-refractivity contribution in [1.82, 2.24) is 4.90 Å². The third kappa shape index (κ3) is 2.83. The molecule has 1 heterocycles. The number of anilines is 1. The van der Waals surface area contributed by atoms with Crippen LogP contribution in [0, 0.1) is 23.7 Å². The molecule has 25 heavy (non-hydrogen) atoms. The topological polar surface area (TPSA) is 66.5 Å². The Morgan fingerprint density at radius 3 is 2.32 bits per heavy atom. The number of rotatable bonds is 4. The molecule has 0 unspecified atom stereocenters. The molecule has 1 aromatic rings. The van der Waals surface area contributed by atoms with Crippen molar-refractivity contribution in [1.29, 1.82) is 0 Å². The van der Waals surface area contributed by atoms with Gasteiger partial charge in [-0.05, 0) is 49.3 Å². The molecule has 2 aliphatic carbocycles. The first-order valence-electron chi connectivity index (χ1n) is 8.56. The van der Waals surface area contributed by atoms with Gasteiger partial charge in [0, 0.05) is 18.7 Å². The molecular weight excluding hydrogens is 363 g/mol. The monoisotopic (exact) mass is 380 g/mol. The third-order valence-corrected chi connectivity index (χ3v) is 6.52. The fourth-order valence-corrected chi connectivity index (χ4v) is 5.00. The van der Waals surface area contributed by atoms with Crippen LogP contribution in [0.15, 0.2) is 18.2 Å². The van der Waals surface area contributed by atoms with E-state index in [1.165, 1.54) is 4.90 Å². The van der Waals surface area contributed by atoms with Gasteiger partial charge in [0.1, 0.15) is 0 Å². The molecule has 3 aliphatic rings. The van der Waals surface area contributed by atoms with E-state index in [2.05, 4.69) is 5.32 Å². The highest BCUT2D eigenvalue weighted by Crippen LogP contribution is 2.56. The number of halogens is 2. The highest BCUT2D eigenvalue weighted by Gasteiger charge is 2.60. The zero-order valence-corrected chi connectivity index (χ0v) is 15.0. The van der Waals surface area contributed by atoms with E-state index in [1.54, 1.807) is 18.2 Å². The highest BCUT2D eigenvalue weighted by atomic mass is 35.5. The molecule has 4 rings (SSSR count). The van der Waals surface area contributed by atoms with Gasteiger partial charge < -0.3 is 5.32 Å². The maximum Gasteiger partial charge on any atom is 0.233 e. The van der Waals surface area contributed by atoms with Crippen LogP contribution in [0.1, 0.15) is 25.7 Å². The van der Waals surface area contributed by atoms with Crippen molar-refractivity contribution in [3.8, 4) is 0 Å². The molecule has 2 bridgehead atoms. The molecule has 7 heteroatoms. The Hall–Kier alpha value is -1.59. The molecule has 1 aliphatic heterocycles. The van der Waals surface area contributed by atoms with Crippen molar-refractivity contribution in [3.05, 3.63) is 28.2 Å². The lowest BCUT2D eigenvalue weighted by molar-refractivity contribution is -0.140. The van der Waals surface area contributed by atoms with Crippen LogP contribution in [-0.2, 0) is 14.4 Å². The number of nitrogens with zero attached hydrogens (tertiary/aromatic N) is 1. The number of hydrogen-bond donors (Lipinski definition) is 1. The SMILES string of the molecule is O=C(CCN1C(=O)[C@@H]2[C@H]3CC[C@@H](C3)[C@@H]2C1=O)Nc1ccc(Cl)c(Cl)c1. The summed E-state index contributed by atoms with van der Waals surface area (Å²) in [5, 5.41) is 3.48. The highest BCUT2D eigenvalue weighted by molar-refractivity contribution is 6.42. The maximum absolute atomic E-state index is 12.6. The number of hydrogen-bond acceptors (Lipinski definition) is 3. The average molecular weight is 381 g/mol. The number of likely N-dealkylation sites (tertiary alicyclic amines) is 1. The van der Waals surface area contributed by atoms with Crippen molar-refractivity contribution >= 4 is 46.6 Å². The number of fused-ring (bicyclic) bond motifs is 5. The van der Waals surface area contributed by atoms with Gasteiger partial charge in [0.2, 0.25) is 17.7 Å². The average Bonchev–Trinajstić information content (AvgIpc) is 3.24. The summed E-state index contributed by atoms with van der Waals surface area (Å²) in [6.45, 7) is 0.136. The summed E-state index contributed by atoms with van der Waals surface area (Å²) in [6.07, 6.45) is 3.19. The first kappa shape index (κ1) is 16.9. The van der Waals surface area contributed by atoms with Crippen molar-refractivity contribution in [2.24, 2.45) is 23.7 Å². The van der Waals surface area contributed by atoms with Crippen LogP contribution >= 0.6 is 23.2 Å². The zero-order valence-electron chi connectivity index (χ0n) is 13.5. The second-order valence-electron chi connectivity index (χ2n) is 7.14. The van der Waals surface area contributed by atoms with E-state index in [0.29, 0.717) is 27.6 Å². The van der Waals surface area contributed by atoms with Gasteiger partial charge >= 0.3 is 0 Å². The van der Waals surface area contributed by atoms with Crippen LogP contribution in [0.3, 0.4) is 0 Å². The van der Waals surface area contributed by atoms with Crippen LogP contribution in [0.5, 0.6) is 0 Å². The summed E-state index contributed by atoms with van der Waals surface area (Å²) in [5.74, 6) is 0.0323. The summed E-state index contributed by atoms with van der Waals surface area (Å²) in [6, 6.07) is 4.82. The van der Waals surface area contributed by atoms with E-state index in [1.807, 2.05) is 0 Å². The van der Waals surface area contributed by atoms with Crippen molar-refractivity contribution in [2.45, 2.75) is 25.7 Å². The van der Waals surface area contributed by atoms with E-state index in [4.69, 9.17) is 23.2 Å². The number of carbonyl (C=O) groups excluding carboxylic acids is 3. The fraction of sp³-hybridized carbons (Fsp3) is 0.500. The van der Waals surface area contributed by atoms with Crippen molar-refractivity contribution < 1.29 is 14.4 Å². The predicted octanol–water partition coefficient (Wildman–Crippen LogP) is 3.35. The number of nitrogens with one attached hydrogen (secondary N) is 1. The maximum atomic E-state index is 12.6. The third-order valence-electron chi connectivity index (χ3n) is 5.78. The lowest BCUT2D eigenvalue weighted by Gasteiger charge is -2.19. The zero-order chi connectivity index (χ0) is 17.7. The van der Waals surface area contributed by atoms with E-state index in [0.717, 1.165) is 19.3 Å². The molecule has 1 N–H and O–H groups in total. The molecule has 5 nitrogen and oxygen atoms in total. The molecule has 3 fully saturated rings. The fourth-order valence-electron chi connectivity index (χ4n) is 4.70. The van der Waals surface area contributed by atoms with Crippen molar-refractivity contribution in [2.75, 3.05) is 11.9 Å². The minimum absolute atomic E-state index is 0.0759. The normalized spacial score (nSPS) is 30.1. The van der Waals surface area contributed by atoms with Gasteiger partial charge in [0.15, 0.2) is 0 Å². The number of benzene rings is 1. The summed E-state index contributed by atoms with van der Waals surface area (Å²) < 4.78 is 0. The predicted molar refractivity (Wildman–Crippen MR) is 94.2 cm³/mol. The second-order valence-corrected chi connectivity index (χ2v) is 7.95. The van der Waals surface area contributed by atoms with Crippen LogP contribution in [-0.4, -0.2) is 29.2 Å². The van der Waals surface area contributed by atoms with Gasteiger partial charge in [-0.3, -0.25) is 19.3 Å². The van der Waals surface area contributed by atoms with Gasteiger partial charge in [0.25, 0.3) is 0 Å². The van der Waals surface area contributed by atoms with E-state index < -0.39 is 0 Å². The summed E-state index contributed by atoms with van der Waals surface area (Å²) in [7, 11) is 0. The van der Waals surface area contributed by atoms with Crippen LogP contribution < -0.4 is 5.32 Å². The van der Waals surface area contributed by atoms with Gasteiger partial charge in [-0.15, -0.1) is 0 Å². The Morgan fingerprint density at radius 1 is 1.08 bits per heavy atom. The molecule has 4 atom stereocenters. The number of amides is 3. The number of carbonyl (C=O) groups is 3. The van der Waals surface area contributed by atoms with Crippen molar-refractivity contribution in [3.63, 3.8) is 0 Å². The Kier molecular flexibility index (Phi) is 4.24. The molecule has 2 saturated carbocycles. The van der Waals surface area contributed by atoms with E-state index in [9.17, 15) is 14.4 Å². The Morgan fingerprint density at radius 2 is 1.72 bits per heavy atom. The summed E-state index contributed by atoms with van der Waals surface area (Å²) in [4.78, 5) is 38.6. The van der Waals surface area contributed by atoms with Crippen LogP contribution in [0.2, 0.25) is 10.0 Å². The van der Waals surface area contributed by atoms with Gasteiger partial charge in [-0.1, -0.05) is 23.2 Å². The van der Waals surface area contributed by atoms with E-state index >= 15 is 0 Å². The van der Waals surface area contributed by atoms with Gasteiger partial charge in [-0.2, -0.15) is 0 Å². The second kappa shape index (κ2) is 6.29. The molecule has 1 saturated heterocycles. The molecule has 3 amide bonds. The van der Waals surface area contributed by atoms with Gasteiger partial charge in [0.05, 0.1) is 21.9 Å². The molecule has 0 radical (unpaired) electrons. The quantitative estimate of drug-likeness (QED) is 0.814. The first-order chi connectivity index (χ1) is 12.0. The smallest absolute Gasteiger partial charge is 0.233 e. The summed E-state index contributed by atoms with van der Waals surface area (Å²) in [5.41, 5.74) is 0.536. The standard InChI is InChI=1S/C18H18Cl2N2O3/c19-12-4-3-11(8-13(12)20)21-14(23)5-6-22-17(24)15-9-1-2-10(7-9)16(15)18(22)25/h3-4,8-10,15-16H,1-2,5-7H2,(H,21,23)/t9-,10-,15-,16+/m0/s1. The minimum atomic E-state index is -0.265. The Bertz CT molecular complexity index is 739. The molecule has 132 valence electrons. The Balaban J connectivity index is 1.36. The number of imide groups is 1. The van der Waals surface area contributed by atoms with Gasteiger partial charge in [-0.25, -0.2) is 0 Å². The molecular formula is C18H18Cl2N2O3. The molecule has 1 aromatic carbocycles. The Labute approximate surface area is 155 Å². The molecule has 0 spiro atoms. The lowest BCUT2D eigenvalue weighted by Crippen LogP contribution is -2.35. The lowest BCUT2D eigenvalue weighted by atomic mass is 9.81. The minimum Gasteiger partial charge on any atom is -0.326 e. The molecule has 0 aromatic heterocycles. The van der Waals surface area contributed by atoms with E-state index in [-0.39, 0.29) is 42.5 Å².